The lowest BCUT2D eigenvalue weighted by atomic mass is 10.2. The predicted molar refractivity (Wildman–Crippen MR) is 88.0 cm³/mol. The first-order valence-electron chi connectivity index (χ1n) is 7.45. The molecule has 1 aliphatic rings. The number of carbonyl (C=O) groups excluding carboxylic acids is 1. The van der Waals surface area contributed by atoms with Gasteiger partial charge in [-0.2, -0.15) is 0 Å². The Bertz CT molecular complexity index is 972. The number of benzene rings is 1. The van der Waals surface area contributed by atoms with Crippen LogP contribution in [0, 0.1) is 6.57 Å². The molecule has 0 spiro atoms. The predicted octanol–water partition coefficient (Wildman–Crippen LogP) is 1.67. The fourth-order valence-corrected chi connectivity index (χ4v) is 2.71. The number of amides is 1. The number of nitrogens with zero attached hydrogens (tertiary/aromatic N) is 5. The van der Waals surface area contributed by atoms with E-state index in [2.05, 4.69) is 30.4 Å². The van der Waals surface area contributed by atoms with Gasteiger partial charge in [-0.05, 0) is 12.1 Å². The number of fused-ring (bicyclic) bond motifs is 1. The Morgan fingerprint density at radius 1 is 1.33 bits per heavy atom. The second-order valence-electron chi connectivity index (χ2n) is 5.47. The smallest absolute Gasteiger partial charge is 0.247 e. The SMILES string of the molecule is [C-]#[N+]c1cnc(NC2CNC(=O)C2)nc1-n1cnc2ccccc21. The third-order valence-electron chi connectivity index (χ3n) is 3.86. The van der Waals surface area contributed by atoms with E-state index in [1.54, 1.807) is 10.9 Å². The van der Waals surface area contributed by atoms with Gasteiger partial charge in [-0.25, -0.2) is 19.8 Å². The summed E-state index contributed by atoms with van der Waals surface area (Å²) in [5.41, 5.74) is 2.03. The molecule has 8 heteroatoms. The van der Waals surface area contributed by atoms with Crippen molar-refractivity contribution in [2.75, 3.05) is 11.9 Å². The van der Waals surface area contributed by atoms with E-state index in [9.17, 15) is 4.79 Å². The summed E-state index contributed by atoms with van der Waals surface area (Å²) in [5, 5.41) is 5.89. The van der Waals surface area contributed by atoms with Crippen LogP contribution in [0.3, 0.4) is 0 Å². The summed E-state index contributed by atoms with van der Waals surface area (Å²) in [5.74, 6) is 0.858. The van der Waals surface area contributed by atoms with E-state index in [1.165, 1.54) is 6.20 Å². The molecule has 1 aromatic carbocycles. The van der Waals surface area contributed by atoms with Crippen molar-refractivity contribution < 1.29 is 4.79 Å². The summed E-state index contributed by atoms with van der Waals surface area (Å²) in [4.78, 5) is 27.8. The van der Waals surface area contributed by atoms with E-state index in [-0.39, 0.29) is 11.9 Å². The lowest BCUT2D eigenvalue weighted by molar-refractivity contribution is -0.119. The van der Waals surface area contributed by atoms with Gasteiger partial charge in [-0.3, -0.25) is 9.36 Å². The van der Waals surface area contributed by atoms with Gasteiger partial charge in [-0.15, -0.1) is 0 Å². The molecule has 0 saturated carbocycles. The molecule has 2 N–H and O–H groups in total. The number of hydrogen-bond donors (Lipinski definition) is 2. The largest absolute Gasteiger partial charge is 0.354 e. The molecule has 1 amide bonds. The van der Waals surface area contributed by atoms with Crippen LogP contribution in [0.5, 0.6) is 0 Å². The van der Waals surface area contributed by atoms with E-state index >= 15 is 0 Å². The highest BCUT2D eigenvalue weighted by Crippen LogP contribution is 2.25. The third kappa shape index (κ3) is 2.42. The van der Waals surface area contributed by atoms with Crippen molar-refractivity contribution in [3.63, 3.8) is 0 Å². The van der Waals surface area contributed by atoms with E-state index in [0.29, 0.717) is 30.4 Å². The van der Waals surface area contributed by atoms with Gasteiger partial charge in [0.15, 0.2) is 0 Å². The molecule has 8 nitrogen and oxygen atoms in total. The summed E-state index contributed by atoms with van der Waals surface area (Å²) in [6.45, 7) is 7.89. The van der Waals surface area contributed by atoms with Gasteiger partial charge in [0.2, 0.25) is 17.5 Å². The minimum Gasteiger partial charge on any atom is -0.354 e. The van der Waals surface area contributed by atoms with Gasteiger partial charge in [0.25, 0.3) is 0 Å². The van der Waals surface area contributed by atoms with Gasteiger partial charge in [0.05, 0.1) is 23.6 Å². The molecule has 2 aromatic heterocycles. The zero-order valence-corrected chi connectivity index (χ0v) is 12.6. The van der Waals surface area contributed by atoms with E-state index in [4.69, 9.17) is 6.57 Å². The van der Waals surface area contributed by atoms with Crippen LogP contribution in [0.2, 0.25) is 0 Å². The topological polar surface area (TPSA) is 89.1 Å². The molecule has 1 unspecified atom stereocenters. The Kier molecular flexibility index (Phi) is 3.31. The van der Waals surface area contributed by atoms with Crippen molar-refractivity contribution in [2.24, 2.45) is 0 Å². The molecule has 3 aromatic rings. The molecule has 118 valence electrons. The fraction of sp³-hybridized carbons (Fsp3) is 0.188. The molecule has 1 saturated heterocycles. The molecule has 0 radical (unpaired) electrons. The highest BCUT2D eigenvalue weighted by Gasteiger charge is 2.22. The van der Waals surface area contributed by atoms with Crippen molar-refractivity contribution in [1.29, 1.82) is 0 Å². The van der Waals surface area contributed by atoms with Gasteiger partial charge < -0.3 is 10.6 Å². The van der Waals surface area contributed by atoms with Crippen LogP contribution < -0.4 is 10.6 Å². The van der Waals surface area contributed by atoms with Crippen LogP contribution in [0.4, 0.5) is 11.6 Å². The maximum atomic E-state index is 11.3. The second-order valence-corrected chi connectivity index (χ2v) is 5.47. The molecule has 0 aliphatic carbocycles. The van der Waals surface area contributed by atoms with Crippen LogP contribution in [-0.2, 0) is 4.79 Å². The maximum Gasteiger partial charge on any atom is 0.247 e. The number of carbonyl (C=O) groups is 1. The van der Waals surface area contributed by atoms with Gasteiger partial charge in [0.1, 0.15) is 12.1 Å². The molecule has 1 fully saturated rings. The number of aromatic nitrogens is 4. The molecule has 3 heterocycles. The highest BCUT2D eigenvalue weighted by molar-refractivity contribution is 5.80. The van der Waals surface area contributed by atoms with E-state index in [1.807, 2.05) is 24.3 Å². The normalized spacial score (nSPS) is 16.8. The number of rotatable bonds is 3. The van der Waals surface area contributed by atoms with Crippen LogP contribution in [0.1, 0.15) is 6.42 Å². The van der Waals surface area contributed by atoms with Crippen molar-refractivity contribution >= 4 is 28.6 Å². The van der Waals surface area contributed by atoms with E-state index in [0.717, 1.165) is 11.0 Å². The van der Waals surface area contributed by atoms with Crippen LogP contribution >= 0.6 is 0 Å². The second kappa shape index (κ2) is 5.62. The monoisotopic (exact) mass is 319 g/mol. The maximum absolute atomic E-state index is 11.3. The fourth-order valence-electron chi connectivity index (χ4n) is 2.71. The summed E-state index contributed by atoms with van der Waals surface area (Å²) in [6.07, 6.45) is 3.51. The number of nitrogens with one attached hydrogen (secondary N) is 2. The molecule has 1 atom stereocenters. The standard InChI is InChI=1S/C16H13N7O/c1-17-12-8-19-16(21-10-6-14(24)18-7-10)22-15(12)23-9-20-11-4-2-3-5-13(11)23/h2-5,8-10H,6-7H2,(H,18,24)(H,19,21,22). The zero-order valence-electron chi connectivity index (χ0n) is 12.6. The Labute approximate surface area is 137 Å². The summed E-state index contributed by atoms with van der Waals surface area (Å²) in [6, 6.07) is 7.59. The van der Waals surface area contributed by atoms with Crippen molar-refractivity contribution in [3.8, 4) is 5.82 Å². The Hall–Kier alpha value is -3.47. The van der Waals surface area contributed by atoms with Gasteiger partial charge in [-0.1, -0.05) is 12.1 Å². The minimum absolute atomic E-state index is 0.00565. The first-order valence-corrected chi connectivity index (χ1v) is 7.45. The quantitative estimate of drug-likeness (QED) is 0.717. The Morgan fingerprint density at radius 3 is 3.00 bits per heavy atom. The number of hydrogen-bond acceptors (Lipinski definition) is 5. The summed E-state index contributed by atoms with van der Waals surface area (Å²) in [7, 11) is 0. The number of para-hydroxylation sites is 2. The molecule has 1 aliphatic heterocycles. The molecular formula is C16H13N7O. The lowest BCUT2D eigenvalue weighted by Gasteiger charge is -2.12. The Balaban J connectivity index is 1.75. The van der Waals surface area contributed by atoms with Crippen LogP contribution in [-0.4, -0.2) is 38.0 Å². The average Bonchev–Trinajstić information content (AvgIpc) is 3.21. The average molecular weight is 319 g/mol. The highest BCUT2D eigenvalue weighted by atomic mass is 16.1. The molecule has 24 heavy (non-hydrogen) atoms. The lowest BCUT2D eigenvalue weighted by Crippen LogP contribution is -2.23. The first kappa shape index (κ1) is 14.1. The van der Waals surface area contributed by atoms with Crippen LogP contribution in [0.25, 0.3) is 21.7 Å². The van der Waals surface area contributed by atoms with Gasteiger partial charge >= 0.3 is 0 Å². The van der Waals surface area contributed by atoms with Crippen molar-refractivity contribution in [3.05, 3.63) is 48.2 Å². The number of imidazole rings is 1. The molecule has 0 bridgehead atoms. The summed E-state index contributed by atoms with van der Waals surface area (Å²) < 4.78 is 1.77. The van der Waals surface area contributed by atoms with Crippen LogP contribution in [0.15, 0.2) is 36.8 Å². The molecular weight excluding hydrogens is 306 g/mol. The number of anilines is 1. The Morgan fingerprint density at radius 2 is 2.21 bits per heavy atom. The van der Waals surface area contributed by atoms with Gasteiger partial charge in [0, 0.05) is 19.2 Å². The zero-order chi connectivity index (χ0) is 16.5. The third-order valence-corrected chi connectivity index (χ3v) is 3.86. The summed E-state index contributed by atoms with van der Waals surface area (Å²) >= 11 is 0. The minimum atomic E-state index is -0.0522. The van der Waals surface area contributed by atoms with E-state index < -0.39 is 0 Å². The molecule has 4 rings (SSSR count). The van der Waals surface area contributed by atoms with Crippen molar-refractivity contribution in [2.45, 2.75) is 12.5 Å². The first-order chi connectivity index (χ1) is 11.7. The van der Waals surface area contributed by atoms with Crippen molar-refractivity contribution in [1.82, 2.24) is 24.8 Å².